The molecule has 5 heteroatoms. The van der Waals surface area contributed by atoms with E-state index in [1.807, 2.05) is 60.7 Å². The van der Waals surface area contributed by atoms with Gasteiger partial charge in [0, 0.05) is 22.1 Å². The minimum Gasteiger partial charge on any atom is -0.350 e. The lowest BCUT2D eigenvalue weighted by atomic mass is 9.81. The fourth-order valence-electron chi connectivity index (χ4n) is 6.54. The van der Waals surface area contributed by atoms with Crippen LogP contribution in [0.5, 0.6) is 0 Å². The Bertz CT molecular complexity index is 2140. The maximum absolute atomic E-state index is 9.00. The first-order valence-corrected chi connectivity index (χ1v) is 15.6. The van der Waals surface area contributed by atoms with E-state index in [0.717, 1.165) is 27.8 Å². The van der Waals surface area contributed by atoms with Crippen LogP contribution in [0.1, 0.15) is 25.0 Å². The Hall–Kier alpha value is -5.68. The van der Waals surface area contributed by atoms with Crippen molar-refractivity contribution in [3.63, 3.8) is 0 Å². The lowest BCUT2D eigenvalue weighted by molar-refractivity contribution is 0.660. The maximum atomic E-state index is 9.00. The van der Waals surface area contributed by atoms with Crippen LogP contribution in [0.4, 0.5) is 4.32 Å². The summed E-state index contributed by atoms with van der Waals surface area (Å²) in [6.07, 6.45) is 0. The number of halogens is 1. The molecule has 0 bridgehead atoms. The molecular weight excluding hydrogens is 576 g/mol. The van der Waals surface area contributed by atoms with Crippen molar-refractivity contribution in [2.45, 2.75) is 19.3 Å². The third-order valence-corrected chi connectivity index (χ3v) is 8.93. The van der Waals surface area contributed by atoms with Gasteiger partial charge in [-0.1, -0.05) is 147 Å². The maximum Gasteiger partial charge on any atom is 0.350 e. The normalized spacial score (nSPS) is 12.4. The van der Waals surface area contributed by atoms with Crippen molar-refractivity contribution < 1.29 is 4.32 Å². The van der Waals surface area contributed by atoms with Gasteiger partial charge in [-0.15, -0.1) is 0 Å². The van der Waals surface area contributed by atoms with Gasteiger partial charge in [0.1, 0.15) is 0 Å². The van der Waals surface area contributed by atoms with Gasteiger partial charge in [-0.2, -0.15) is 0 Å². The third kappa shape index (κ3) is 5.66. The summed E-state index contributed by atoms with van der Waals surface area (Å²) < 4.78 is 9.00. The largest absolute Gasteiger partial charge is 0.350 e. The molecule has 0 amide bonds. The molecule has 6 aromatic carbocycles. The second-order valence-electron chi connectivity index (χ2n) is 12.1. The number of nitrogens with zero attached hydrogens (tertiary/aromatic N) is 3. The molecule has 0 saturated heterocycles. The first kappa shape index (κ1) is 30.0. The number of hydrogen-bond donors (Lipinski definition) is 0. The summed E-state index contributed by atoms with van der Waals surface area (Å²) in [4.78, 5) is 14.7. The molecule has 1 aromatic heterocycles. The minimum absolute atomic E-state index is 0.0321. The van der Waals surface area contributed by atoms with Gasteiger partial charge in [-0.3, -0.25) is 0 Å². The standard InChI is InChI=1S/C42H31N3.BF/c1-42(2)37-22-10-9-21-35(37)36-24-23-33(27-38(36)42)31-18-11-17-30(25-31)32-19-12-20-34(26-32)41-44-39(28-13-5-3-6-14-28)43-40(45-41)29-15-7-4-8-16-29;1-2/h3-27H,1-2H3;. The van der Waals surface area contributed by atoms with Gasteiger partial charge in [-0.25, -0.2) is 15.0 Å². The predicted molar refractivity (Wildman–Crippen MR) is 191 cm³/mol. The fraction of sp³-hybridized carbons (Fsp3) is 0.0714. The van der Waals surface area contributed by atoms with Gasteiger partial charge in [-0.05, 0) is 62.7 Å². The Morgan fingerprint density at radius 2 is 0.787 bits per heavy atom. The van der Waals surface area contributed by atoms with Crippen molar-refractivity contribution in [1.29, 1.82) is 0 Å². The highest BCUT2D eigenvalue weighted by Gasteiger charge is 2.35. The van der Waals surface area contributed by atoms with Crippen molar-refractivity contribution >= 4 is 8.12 Å². The zero-order valence-corrected chi connectivity index (χ0v) is 26.2. The van der Waals surface area contributed by atoms with Crippen LogP contribution in [0.25, 0.3) is 67.5 Å². The molecule has 0 saturated carbocycles. The molecule has 1 aliphatic rings. The highest BCUT2D eigenvalue weighted by atomic mass is 19.1. The quantitative estimate of drug-likeness (QED) is 0.183. The lowest BCUT2D eigenvalue weighted by Crippen LogP contribution is -2.14. The smallest absolute Gasteiger partial charge is 0.350 e. The third-order valence-electron chi connectivity index (χ3n) is 8.93. The molecule has 224 valence electrons. The molecule has 0 N–H and O–H groups in total. The number of fused-ring (bicyclic) bond motifs is 3. The average Bonchev–Trinajstić information content (AvgIpc) is 3.38. The number of aromatic nitrogens is 3. The summed E-state index contributed by atoms with van der Waals surface area (Å²) in [5, 5.41) is 0. The zero-order valence-electron chi connectivity index (χ0n) is 26.2. The highest BCUT2D eigenvalue weighted by Crippen LogP contribution is 2.49. The van der Waals surface area contributed by atoms with Crippen LogP contribution in [-0.2, 0) is 5.41 Å². The van der Waals surface area contributed by atoms with Crippen molar-refractivity contribution in [3.8, 4) is 67.5 Å². The molecule has 7 aromatic rings. The van der Waals surface area contributed by atoms with E-state index in [2.05, 4.69) is 113 Å². The lowest BCUT2D eigenvalue weighted by Gasteiger charge is -2.22. The molecule has 1 heterocycles. The molecule has 2 radical (unpaired) electrons. The van der Waals surface area contributed by atoms with E-state index in [4.69, 9.17) is 19.3 Å². The molecule has 3 nitrogen and oxygen atoms in total. The van der Waals surface area contributed by atoms with Gasteiger partial charge < -0.3 is 4.32 Å². The van der Waals surface area contributed by atoms with Crippen molar-refractivity contribution in [3.05, 3.63) is 163 Å². The van der Waals surface area contributed by atoms with Crippen molar-refractivity contribution in [2.24, 2.45) is 0 Å². The molecule has 0 atom stereocenters. The predicted octanol–water partition coefficient (Wildman–Crippen LogP) is 10.6. The number of benzene rings is 6. The molecule has 47 heavy (non-hydrogen) atoms. The highest BCUT2D eigenvalue weighted by molar-refractivity contribution is 5.96. The Morgan fingerprint density at radius 1 is 0.383 bits per heavy atom. The molecule has 0 aliphatic heterocycles. The van der Waals surface area contributed by atoms with E-state index in [1.54, 1.807) is 0 Å². The van der Waals surface area contributed by atoms with Crippen molar-refractivity contribution in [2.75, 3.05) is 0 Å². The van der Waals surface area contributed by atoms with E-state index in [-0.39, 0.29) is 5.41 Å². The average molecular weight is 608 g/mol. The van der Waals surface area contributed by atoms with E-state index in [9.17, 15) is 0 Å². The summed E-state index contributed by atoms with van der Waals surface area (Å²) in [7, 11) is 3.00. The van der Waals surface area contributed by atoms with E-state index in [0.29, 0.717) is 17.5 Å². The van der Waals surface area contributed by atoms with Crippen LogP contribution in [0.3, 0.4) is 0 Å². The Morgan fingerprint density at radius 3 is 1.36 bits per heavy atom. The van der Waals surface area contributed by atoms with Crippen LogP contribution in [0.2, 0.25) is 0 Å². The Kier molecular flexibility index (Phi) is 8.05. The van der Waals surface area contributed by atoms with Crippen LogP contribution < -0.4 is 0 Å². The topological polar surface area (TPSA) is 38.7 Å². The van der Waals surface area contributed by atoms with Gasteiger partial charge in [0.15, 0.2) is 17.5 Å². The SMILES string of the molecule is CC1(C)c2ccccc2-c2ccc(-c3cccc(-c4cccc(-c5nc(-c6ccccc6)nc(-c6ccccc6)n5)c4)c3)cc21.[B]F. The molecule has 1 aliphatic carbocycles. The van der Waals surface area contributed by atoms with Crippen LogP contribution in [-0.4, -0.2) is 23.1 Å². The summed E-state index contributed by atoms with van der Waals surface area (Å²) in [5.74, 6) is 1.98. The van der Waals surface area contributed by atoms with E-state index < -0.39 is 0 Å². The second kappa shape index (κ2) is 12.6. The van der Waals surface area contributed by atoms with Crippen molar-refractivity contribution in [1.82, 2.24) is 15.0 Å². The van der Waals surface area contributed by atoms with Crippen LogP contribution in [0, 0.1) is 0 Å². The van der Waals surface area contributed by atoms with Gasteiger partial charge in [0.05, 0.1) is 0 Å². The molecular formula is C42H31BFN3. The van der Waals surface area contributed by atoms with Crippen LogP contribution in [0.15, 0.2) is 152 Å². The second-order valence-corrected chi connectivity index (χ2v) is 12.1. The van der Waals surface area contributed by atoms with Gasteiger partial charge in [0.2, 0.25) is 0 Å². The van der Waals surface area contributed by atoms with E-state index >= 15 is 0 Å². The van der Waals surface area contributed by atoms with Gasteiger partial charge >= 0.3 is 8.12 Å². The molecule has 0 spiro atoms. The summed E-state index contributed by atoms with van der Waals surface area (Å²) in [5.41, 5.74) is 13.0. The fourth-order valence-corrected chi connectivity index (χ4v) is 6.54. The zero-order chi connectivity index (χ0) is 32.4. The van der Waals surface area contributed by atoms with Crippen LogP contribution >= 0.6 is 0 Å². The summed E-state index contributed by atoms with van der Waals surface area (Å²) >= 11 is 0. The molecule has 0 fully saturated rings. The Labute approximate surface area is 276 Å². The minimum atomic E-state index is -0.0321. The first-order chi connectivity index (χ1) is 23.0. The van der Waals surface area contributed by atoms with Gasteiger partial charge in [0.25, 0.3) is 0 Å². The monoisotopic (exact) mass is 607 g/mol. The summed E-state index contributed by atoms with van der Waals surface area (Å²) in [6, 6.07) is 53.2. The molecule has 8 rings (SSSR count). The number of rotatable bonds is 5. The first-order valence-electron chi connectivity index (χ1n) is 15.6. The Balaban J connectivity index is 0.00000172. The summed E-state index contributed by atoms with van der Waals surface area (Å²) in [6.45, 7) is 4.66. The molecule has 0 unspecified atom stereocenters. The van der Waals surface area contributed by atoms with E-state index in [1.165, 1.54) is 33.4 Å². The number of hydrogen-bond acceptors (Lipinski definition) is 3.